The number of aliphatic hydroxyl groups is 1. The van der Waals surface area contributed by atoms with Crippen LogP contribution in [0.2, 0.25) is 0 Å². The zero-order chi connectivity index (χ0) is 10.1. The van der Waals surface area contributed by atoms with Crippen LogP contribution in [-0.4, -0.2) is 46.3 Å². The number of carboxylic acids is 1. The number of nitrogens with zero attached hydrogens (tertiary/aromatic N) is 1. The minimum Gasteiger partial charge on any atom is -0.481 e. The number of carbonyl (C=O) groups is 1. The molecule has 1 saturated carbocycles. The Hall–Kier alpha value is -0.610. The van der Waals surface area contributed by atoms with E-state index in [1.54, 1.807) is 0 Å². The van der Waals surface area contributed by atoms with E-state index in [1.807, 2.05) is 0 Å². The van der Waals surface area contributed by atoms with Gasteiger partial charge in [0.05, 0.1) is 12.0 Å². The third-order valence-corrected chi connectivity index (χ3v) is 3.46. The summed E-state index contributed by atoms with van der Waals surface area (Å²) in [7, 11) is 0. The summed E-state index contributed by atoms with van der Waals surface area (Å²) in [6.45, 7) is 1.52. The summed E-state index contributed by atoms with van der Waals surface area (Å²) in [5, 5.41) is 18.4. The summed E-state index contributed by atoms with van der Waals surface area (Å²) in [5.41, 5.74) is 0. The van der Waals surface area contributed by atoms with E-state index in [2.05, 4.69) is 4.90 Å². The molecule has 2 N–H and O–H groups in total. The van der Waals surface area contributed by atoms with Crippen LogP contribution in [0.25, 0.3) is 0 Å². The van der Waals surface area contributed by atoms with Gasteiger partial charge in [-0.2, -0.15) is 0 Å². The molecule has 0 aromatic rings. The Morgan fingerprint density at radius 1 is 1.29 bits per heavy atom. The standard InChI is InChI=1S/C10H17NO3/c12-7-4-5-11(6-7)9-3-1-2-8(9)10(13)14/h7-9,12H,1-6H2,(H,13,14). The number of rotatable bonds is 2. The molecule has 1 aliphatic heterocycles. The van der Waals surface area contributed by atoms with Crippen molar-refractivity contribution in [3.05, 3.63) is 0 Å². The lowest BCUT2D eigenvalue weighted by molar-refractivity contribution is -0.143. The summed E-state index contributed by atoms with van der Waals surface area (Å²) < 4.78 is 0. The molecule has 0 aromatic carbocycles. The highest BCUT2D eigenvalue weighted by Gasteiger charge is 2.39. The SMILES string of the molecule is O=C(O)C1CCCC1N1CCC(O)C1. The van der Waals surface area contributed by atoms with E-state index >= 15 is 0 Å². The third-order valence-electron chi connectivity index (χ3n) is 3.46. The molecule has 0 radical (unpaired) electrons. The highest BCUT2D eigenvalue weighted by Crippen LogP contribution is 2.32. The molecule has 1 aliphatic carbocycles. The highest BCUT2D eigenvalue weighted by atomic mass is 16.4. The molecule has 0 spiro atoms. The summed E-state index contributed by atoms with van der Waals surface area (Å²) >= 11 is 0. The lowest BCUT2D eigenvalue weighted by Crippen LogP contribution is -2.39. The van der Waals surface area contributed by atoms with Crippen molar-refractivity contribution < 1.29 is 15.0 Å². The molecule has 2 aliphatic rings. The van der Waals surface area contributed by atoms with Crippen LogP contribution in [0.5, 0.6) is 0 Å². The van der Waals surface area contributed by atoms with Gasteiger partial charge in [-0.1, -0.05) is 6.42 Å². The smallest absolute Gasteiger partial charge is 0.308 e. The van der Waals surface area contributed by atoms with Crippen LogP contribution in [0.1, 0.15) is 25.7 Å². The molecule has 3 unspecified atom stereocenters. The van der Waals surface area contributed by atoms with E-state index in [-0.39, 0.29) is 18.1 Å². The predicted molar refractivity (Wildman–Crippen MR) is 51.0 cm³/mol. The molecular formula is C10H17NO3. The molecule has 1 saturated heterocycles. The molecule has 0 amide bonds. The first kappa shape index (κ1) is 9.93. The van der Waals surface area contributed by atoms with Crippen molar-refractivity contribution in [2.24, 2.45) is 5.92 Å². The minimum absolute atomic E-state index is 0.171. The first-order valence-corrected chi connectivity index (χ1v) is 5.33. The van der Waals surface area contributed by atoms with Crippen LogP contribution in [-0.2, 0) is 4.79 Å². The van der Waals surface area contributed by atoms with Gasteiger partial charge in [0.15, 0.2) is 0 Å². The van der Waals surface area contributed by atoms with Gasteiger partial charge < -0.3 is 10.2 Å². The summed E-state index contributed by atoms with van der Waals surface area (Å²) in [6.07, 6.45) is 3.33. The van der Waals surface area contributed by atoms with E-state index in [4.69, 9.17) is 5.11 Å². The average molecular weight is 199 g/mol. The van der Waals surface area contributed by atoms with Crippen LogP contribution >= 0.6 is 0 Å². The van der Waals surface area contributed by atoms with Gasteiger partial charge in [-0.05, 0) is 19.3 Å². The minimum atomic E-state index is -0.672. The molecule has 0 bridgehead atoms. The van der Waals surface area contributed by atoms with Gasteiger partial charge in [0.1, 0.15) is 0 Å². The van der Waals surface area contributed by atoms with Crippen LogP contribution in [0.15, 0.2) is 0 Å². The Morgan fingerprint density at radius 2 is 2.07 bits per heavy atom. The molecule has 2 fully saturated rings. The topological polar surface area (TPSA) is 60.8 Å². The van der Waals surface area contributed by atoms with Crippen LogP contribution in [0.4, 0.5) is 0 Å². The number of likely N-dealkylation sites (tertiary alicyclic amines) is 1. The Bertz CT molecular complexity index is 231. The number of aliphatic carboxylic acids is 1. The van der Waals surface area contributed by atoms with Gasteiger partial charge in [0, 0.05) is 19.1 Å². The fraction of sp³-hybridized carbons (Fsp3) is 0.900. The Balaban J connectivity index is 1.99. The fourth-order valence-electron chi connectivity index (χ4n) is 2.73. The second kappa shape index (κ2) is 3.87. The second-order valence-electron chi connectivity index (χ2n) is 4.38. The number of hydrogen-bond acceptors (Lipinski definition) is 3. The summed E-state index contributed by atoms with van der Waals surface area (Å²) in [4.78, 5) is 13.1. The predicted octanol–water partition coefficient (Wildman–Crippen LogP) is 0.306. The fourth-order valence-corrected chi connectivity index (χ4v) is 2.73. The Kier molecular flexibility index (Phi) is 2.74. The van der Waals surface area contributed by atoms with Crippen molar-refractivity contribution in [2.75, 3.05) is 13.1 Å². The molecule has 3 atom stereocenters. The molecule has 4 heteroatoms. The van der Waals surface area contributed by atoms with Gasteiger partial charge in [-0.3, -0.25) is 9.69 Å². The summed E-state index contributed by atoms with van der Waals surface area (Å²) in [5.74, 6) is -0.880. The zero-order valence-electron chi connectivity index (χ0n) is 8.22. The van der Waals surface area contributed by atoms with Gasteiger partial charge in [-0.25, -0.2) is 0 Å². The molecule has 4 nitrogen and oxygen atoms in total. The van der Waals surface area contributed by atoms with Crippen molar-refractivity contribution in [1.29, 1.82) is 0 Å². The molecule has 14 heavy (non-hydrogen) atoms. The van der Waals surface area contributed by atoms with Crippen molar-refractivity contribution >= 4 is 5.97 Å². The van der Waals surface area contributed by atoms with Gasteiger partial charge in [0.25, 0.3) is 0 Å². The van der Waals surface area contributed by atoms with Gasteiger partial charge in [-0.15, -0.1) is 0 Å². The van der Waals surface area contributed by atoms with Crippen molar-refractivity contribution in [1.82, 2.24) is 4.90 Å². The van der Waals surface area contributed by atoms with E-state index < -0.39 is 5.97 Å². The Labute approximate surface area is 83.5 Å². The lowest BCUT2D eigenvalue weighted by Gasteiger charge is -2.26. The van der Waals surface area contributed by atoms with Crippen LogP contribution in [0, 0.1) is 5.92 Å². The van der Waals surface area contributed by atoms with Crippen LogP contribution in [0.3, 0.4) is 0 Å². The third kappa shape index (κ3) is 1.77. The maximum absolute atomic E-state index is 11.0. The van der Waals surface area contributed by atoms with Gasteiger partial charge >= 0.3 is 5.97 Å². The van der Waals surface area contributed by atoms with E-state index in [0.29, 0.717) is 6.54 Å². The van der Waals surface area contributed by atoms with Crippen molar-refractivity contribution in [3.63, 3.8) is 0 Å². The van der Waals surface area contributed by atoms with Crippen LogP contribution < -0.4 is 0 Å². The molecule has 0 aromatic heterocycles. The lowest BCUT2D eigenvalue weighted by atomic mass is 10.0. The summed E-state index contributed by atoms with van der Waals surface area (Å²) in [6, 6.07) is 0.171. The number of carboxylic acid groups (broad SMARTS) is 1. The normalized spacial score (nSPS) is 39.1. The highest BCUT2D eigenvalue weighted by molar-refractivity contribution is 5.71. The quantitative estimate of drug-likeness (QED) is 0.671. The number of β-amino-alcohol motifs (C(OH)–C–C–N with tert-alkyl or cyclic N) is 1. The van der Waals surface area contributed by atoms with Crippen molar-refractivity contribution in [2.45, 2.75) is 37.8 Å². The molecular weight excluding hydrogens is 182 g/mol. The first-order chi connectivity index (χ1) is 6.68. The van der Waals surface area contributed by atoms with E-state index in [1.165, 1.54) is 0 Å². The zero-order valence-corrected chi connectivity index (χ0v) is 8.22. The molecule has 2 rings (SSSR count). The maximum Gasteiger partial charge on any atom is 0.308 e. The average Bonchev–Trinajstić information content (AvgIpc) is 2.70. The van der Waals surface area contributed by atoms with E-state index in [0.717, 1.165) is 32.2 Å². The monoisotopic (exact) mass is 199 g/mol. The Morgan fingerprint density at radius 3 is 2.64 bits per heavy atom. The second-order valence-corrected chi connectivity index (χ2v) is 4.38. The number of aliphatic hydroxyl groups excluding tert-OH is 1. The largest absolute Gasteiger partial charge is 0.481 e. The molecule has 80 valence electrons. The molecule has 1 heterocycles. The van der Waals surface area contributed by atoms with Gasteiger partial charge in [0.2, 0.25) is 0 Å². The number of hydrogen-bond donors (Lipinski definition) is 2. The maximum atomic E-state index is 11.0. The first-order valence-electron chi connectivity index (χ1n) is 5.33. The van der Waals surface area contributed by atoms with Crippen molar-refractivity contribution in [3.8, 4) is 0 Å². The van der Waals surface area contributed by atoms with E-state index in [9.17, 15) is 9.90 Å².